The van der Waals surface area contributed by atoms with Gasteiger partial charge >= 0.3 is 0 Å². The number of nitrogens with zero attached hydrogens (tertiary/aromatic N) is 4. The highest BCUT2D eigenvalue weighted by Gasteiger charge is 2.15. The summed E-state index contributed by atoms with van der Waals surface area (Å²) in [6, 6.07) is 16.1. The van der Waals surface area contributed by atoms with Gasteiger partial charge in [-0.2, -0.15) is 10.1 Å². The first-order valence-corrected chi connectivity index (χ1v) is 9.93. The topological polar surface area (TPSA) is 75.2 Å². The van der Waals surface area contributed by atoms with Crippen molar-refractivity contribution >= 4 is 28.8 Å². The summed E-state index contributed by atoms with van der Waals surface area (Å²) < 4.78 is 5.35. The zero-order valence-corrected chi connectivity index (χ0v) is 16.8. The van der Waals surface area contributed by atoms with Gasteiger partial charge in [0.15, 0.2) is 5.82 Å². The van der Waals surface area contributed by atoms with E-state index in [2.05, 4.69) is 61.9 Å². The van der Waals surface area contributed by atoms with Crippen molar-refractivity contribution < 1.29 is 4.74 Å². The molecule has 3 aromatic rings. The summed E-state index contributed by atoms with van der Waals surface area (Å²) in [5.41, 5.74) is 3.01. The minimum atomic E-state index is 0.401. The number of hydrogen-bond acceptors (Lipinski definition) is 7. The minimum Gasteiger partial charge on any atom is -0.495 e. The average Bonchev–Trinajstić information content (AvgIpc) is 2.76. The highest BCUT2D eigenvalue weighted by molar-refractivity contribution is 5.64. The number of benzene rings is 2. The largest absolute Gasteiger partial charge is 0.495 e. The Morgan fingerprint density at radius 2 is 1.76 bits per heavy atom. The van der Waals surface area contributed by atoms with Crippen LogP contribution >= 0.6 is 0 Å². The first-order chi connectivity index (χ1) is 14.2. The Kier molecular flexibility index (Phi) is 5.74. The maximum absolute atomic E-state index is 5.35. The normalized spacial score (nSPS) is 14.5. The fraction of sp³-hybridized carbons (Fsp3) is 0.318. The zero-order chi connectivity index (χ0) is 20.1. The van der Waals surface area contributed by atoms with Crippen LogP contribution in [0, 0.1) is 5.92 Å². The van der Waals surface area contributed by atoms with Gasteiger partial charge in [0.2, 0.25) is 5.95 Å². The fourth-order valence-corrected chi connectivity index (χ4v) is 3.46. The maximum Gasteiger partial charge on any atom is 0.249 e. The van der Waals surface area contributed by atoms with E-state index in [1.165, 1.54) is 18.5 Å². The Balaban J connectivity index is 1.42. The molecular weight excluding hydrogens is 364 g/mol. The molecule has 2 N–H and O–H groups in total. The van der Waals surface area contributed by atoms with Gasteiger partial charge in [0.05, 0.1) is 19.0 Å². The van der Waals surface area contributed by atoms with Gasteiger partial charge < -0.3 is 20.3 Å². The number of nitrogens with one attached hydrogen (secondary N) is 2. The van der Waals surface area contributed by atoms with Gasteiger partial charge in [-0.25, -0.2) is 0 Å². The number of rotatable bonds is 6. The molecule has 7 heteroatoms. The molecule has 0 spiro atoms. The summed E-state index contributed by atoms with van der Waals surface area (Å²) in [6.45, 7) is 4.58. The van der Waals surface area contributed by atoms with Crippen LogP contribution in [-0.4, -0.2) is 35.4 Å². The molecule has 7 nitrogen and oxygen atoms in total. The SMILES string of the molecule is COc1ccccc1Nc1nncc(Nc2ccc(N3CCC(C)CC3)cc2)n1. The van der Waals surface area contributed by atoms with Gasteiger partial charge in [-0.15, -0.1) is 5.10 Å². The molecule has 1 aliphatic rings. The van der Waals surface area contributed by atoms with Gasteiger partial charge in [-0.05, 0) is 55.2 Å². The molecule has 1 fully saturated rings. The maximum atomic E-state index is 5.35. The van der Waals surface area contributed by atoms with Gasteiger partial charge in [0, 0.05) is 24.5 Å². The summed E-state index contributed by atoms with van der Waals surface area (Å²) in [6.07, 6.45) is 4.12. The number of piperidine rings is 1. The van der Waals surface area contributed by atoms with E-state index in [9.17, 15) is 0 Å². The van der Waals surface area contributed by atoms with E-state index < -0.39 is 0 Å². The van der Waals surface area contributed by atoms with Gasteiger partial charge in [-0.1, -0.05) is 19.1 Å². The molecule has 1 saturated heterocycles. The molecule has 1 aromatic heterocycles. The predicted molar refractivity (Wildman–Crippen MR) is 116 cm³/mol. The van der Waals surface area contributed by atoms with Crippen LogP contribution in [0.25, 0.3) is 0 Å². The average molecular weight is 390 g/mol. The van der Waals surface area contributed by atoms with Crippen LogP contribution < -0.4 is 20.3 Å². The Morgan fingerprint density at radius 1 is 1.00 bits per heavy atom. The molecule has 0 saturated carbocycles. The Bertz CT molecular complexity index is 938. The Hall–Kier alpha value is -3.35. The summed E-state index contributed by atoms with van der Waals surface area (Å²) >= 11 is 0. The molecule has 1 aliphatic heterocycles. The van der Waals surface area contributed by atoms with Gasteiger partial charge in [-0.3, -0.25) is 0 Å². The summed E-state index contributed by atoms with van der Waals surface area (Å²) in [7, 11) is 1.63. The van der Waals surface area contributed by atoms with E-state index in [1.807, 2.05) is 24.3 Å². The fourth-order valence-electron chi connectivity index (χ4n) is 3.46. The second kappa shape index (κ2) is 8.77. The Morgan fingerprint density at radius 3 is 2.52 bits per heavy atom. The molecule has 0 unspecified atom stereocenters. The van der Waals surface area contributed by atoms with Crippen LogP contribution in [0.4, 0.5) is 28.8 Å². The van der Waals surface area contributed by atoms with Crippen molar-refractivity contribution in [3.63, 3.8) is 0 Å². The third-order valence-electron chi connectivity index (χ3n) is 5.20. The molecule has 0 radical (unpaired) electrons. The predicted octanol–water partition coefficient (Wildman–Crippen LogP) is 4.60. The van der Waals surface area contributed by atoms with Crippen LogP contribution in [0.2, 0.25) is 0 Å². The monoisotopic (exact) mass is 390 g/mol. The molecule has 0 amide bonds. The van der Waals surface area contributed by atoms with E-state index in [0.29, 0.717) is 11.8 Å². The van der Waals surface area contributed by atoms with E-state index in [-0.39, 0.29) is 0 Å². The lowest BCUT2D eigenvalue weighted by molar-refractivity contribution is 0.417. The minimum absolute atomic E-state index is 0.401. The van der Waals surface area contributed by atoms with Crippen LogP contribution in [0.5, 0.6) is 5.75 Å². The highest BCUT2D eigenvalue weighted by Crippen LogP contribution is 2.27. The molecule has 29 heavy (non-hydrogen) atoms. The highest BCUT2D eigenvalue weighted by atomic mass is 16.5. The zero-order valence-electron chi connectivity index (χ0n) is 16.8. The molecule has 4 rings (SSSR count). The number of para-hydroxylation sites is 2. The molecule has 0 atom stereocenters. The number of aromatic nitrogens is 3. The van der Waals surface area contributed by atoms with E-state index in [4.69, 9.17) is 4.74 Å². The van der Waals surface area contributed by atoms with Gasteiger partial charge in [0.1, 0.15) is 5.75 Å². The standard InChI is InChI=1S/C22H26N6O/c1-16-11-13-28(14-12-16)18-9-7-17(8-10-18)24-21-15-23-27-22(26-21)25-19-5-3-4-6-20(19)29-2/h3-10,15-16H,11-14H2,1-2H3,(H2,24,25,26,27). The van der Waals surface area contributed by atoms with Gasteiger partial charge in [0.25, 0.3) is 0 Å². The van der Waals surface area contributed by atoms with E-state index in [0.717, 1.165) is 36.1 Å². The lowest BCUT2D eigenvalue weighted by Crippen LogP contribution is -2.32. The molecule has 0 aliphatic carbocycles. The van der Waals surface area contributed by atoms with Crippen molar-refractivity contribution in [2.24, 2.45) is 5.92 Å². The third kappa shape index (κ3) is 4.74. The van der Waals surface area contributed by atoms with Crippen molar-refractivity contribution in [2.75, 3.05) is 35.7 Å². The summed E-state index contributed by atoms with van der Waals surface area (Å²) in [4.78, 5) is 6.95. The van der Waals surface area contributed by atoms with Crippen molar-refractivity contribution in [1.82, 2.24) is 15.2 Å². The van der Waals surface area contributed by atoms with Crippen LogP contribution in [-0.2, 0) is 0 Å². The summed E-state index contributed by atoms with van der Waals surface area (Å²) in [5.74, 6) is 2.57. The van der Waals surface area contributed by atoms with E-state index >= 15 is 0 Å². The smallest absolute Gasteiger partial charge is 0.249 e. The number of anilines is 5. The van der Waals surface area contributed by atoms with Crippen molar-refractivity contribution in [3.8, 4) is 5.75 Å². The second-order valence-corrected chi connectivity index (χ2v) is 7.33. The van der Waals surface area contributed by atoms with Crippen LogP contribution in [0.15, 0.2) is 54.7 Å². The second-order valence-electron chi connectivity index (χ2n) is 7.33. The molecule has 150 valence electrons. The van der Waals surface area contributed by atoms with Crippen molar-refractivity contribution in [2.45, 2.75) is 19.8 Å². The van der Waals surface area contributed by atoms with Crippen molar-refractivity contribution in [1.29, 1.82) is 0 Å². The van der Waals surface area contributed by atoms with Crippen LogP contribution in [0.3, 0.4) is 0 Å². The first-order valence-electron chi connectivity index (χ1n) is 9.93. The number of ether oxygens (including phenoxy) is 1. The quantitative estimate of drug-likeness (QED) is 0.637. The lowest BCUT2D eigenvalue weighted by Gasteiger charge is -2.32. The molecule has 0 bridgehead atoms. The lowest BCUT2D eigenvalue weighted by atomic mass is 9.99. The van der Waals surface area contributed by atoms with Crippen LogP contribution in [0.1, 0.15) is 19.8 Å². The molecule has 2 heterocycles. The summed E-state index contributed by atoms with van der Waals surface area (Å²) in [5, 5.41) is 14.5. The van der Waals surface area contributed by atoms with Crippen molar-refractivity contribution in [3.05, 3.63) is 54.7 Å². The Labute approximate surface area is 171 Å². The van der Waals surface area contributed by atoms with E-state index in [1.54, 1.807) is 13.3 Å². The molecular formula is C22H26N6O. The first kappa shape index (κ1) is 19.0. The number of methoxy groups -OCH3 is 1. The molecule has 2 aromatic carbocycles. The third-order valence-corrected chi connectivity index (χ3v) is 5.20. The number of hydrogen-bond donors (Lipinski definition) is 2.